The van der Waals surface area contributed by atoms with Gasteiger partial charge in [0.2, 0.25) is 11.8 Å². The number of rotatable bonds is 17. The zero-order valence-electron chi connectivity index (χ0n) is 31.7. The molecule has 270 valence electrons. The third-order valence-electron chi connectivity index (χ3n) is 6.04. The average Bonchev–Trinajstić information content (AvgIpc) is 3.05. The topological polar surface area (TPSA) is 128 Å². The number of allylic oxidation sites excluding steroid dienone is 3. The van der Waals surface area contributed by atoms with Gasteiger partial charge in [-0.3, -0.25) is 14.4 Å². The predicted molar refractivity (Wildman–Crippen MR) is 201 cm³/mol. The second-order valence-corrected chi connectivity index (χ2v) is 10.5. The highest BCUT2D eigenvalue weighted by Gasteiger charge is 2.18. The van der Waals surface area contributed by atoms with Crippen molar-refractivity contribution in [3.63, 3.8) is 0 Å². The van der Waals surface area contributed by atoms with E-state index in [1.165, 1.54) is 12.5 Å². The quantitative estimate of drug-likeness (QED) is 0.0778. The highest BCUT2D eigenvalue weighted by Crippen LogP contribution is 2.07. The largest absolute Gasteiger partial charge is 0.355 e. The van der Waals surface area contributed by atoms with Gasteiger partial charge in [0.1, 0.15) is 6.29 Å². The summed E-state index contributed by atoms with van der Waals surface area (Å²) in [5, 5.41) is 14.4. The molecule has 0 spiro atoms. The van der Waals surface area contributed by atoms with Gasteiger partial charge in [-0.15, -0.1) is 0 Å². The highest BCUT2D eigenvalue weighted by molar-refractivity contribution is 5.97. The maximum atomic E-state index is 11.9. The zero-order valence-corrected chi connectivity index (χ0v) is 31.7. The summed E-state index contributed by atoms with van der Waals surface area (Å²) in [7, 11) is 1.95. The first-order chi connectivity index (χ1) is 22.5. The summed E-state index contributed by atoms with van der Waals surface area (Å²) in [5.74, 6) is 0.347. The van der Waals surface area contributed by atoms with Gasteiger partial charge in [0.25, 0.3) is 5.91 Å². The number of amides is 3. The summed E-state index contributed by atoms with van der Waals surface area (Å²) in [6, 6.07) is 9.98. The van der Waals surface area contributed by atoms with Gasteiger partial charge in [-0.05, 0) is 44.7 Å². The summed E-state index contributed by atoms with van der Waals surface area (Å²) in [6.07, 6.45) is 9.16. The van der Waals surface area contributed by atoms with E-state index in [0.29, 0.717) is 31.1 Å². The number of benzene rings is 1. The molecule has 47 heavy (non-hydrogen) atoms. The van der Waals surface area contributed by atoms with Crippen LogP contribution in [0.5, 0.6) is 0 Å². The lowest BCUT2D eigenvalue weighted by Crippen LogP contribution is -2.44. The fraction of sp³-hybridized carbons (Fsp3) is 0.579. The Morgan fingerprint density at radius 1 is 0.957 bits per heavy atom. The van der Waals surface area contributed by atoms with Crippen LogP contribution in [-0.4, -0.2) is 62.8 Å². The molecule has 0 aliphatic rings. The van der Waals surface area contributed by atoms with Crippen molar-refractivity contribution in [1.82, 2.24) is 26.6 Å². The van der Waals surface area contributed by atoms with Crippen LogP contribution in [0.1, 0.15) is 94.6 Å². The van der Waals surface area contributed by atoms with E-state index in [2.05, 4.69) is 59.1 Å². The molecule has 1 aromatic rings. The summed E-state index contributed by atoms with van der Waals surface area (Å²) >= 11 is 0. The van der Waals surface area contributed by atoms with Crippen LogP contribution in [0.4, 0.5) is 0 Å². The summed E-state index contributed by atoms with van der Waals surface area (Å²) in [6.45, 7) is 27.4. The maximum absolute atomic E-state index is 11.9. The second-order valence-electron chi connectivity index (χ2n) is 10.5. The third kappa shape index (κ3) is 32.2. The fourth-order valence-electron chi connectivity index (χ4n) is 3.78. The Bertz CT molecular complexity index is 978. The van der Waals surface area contributed by atoms with Crippen molar-refractivity contribution in [2.45, 2.75) is 108 Å². The molecule has 0 aromatic heterocycles. The number of hydrogen-bond acceptors (Lipinski definition) is 6. The molecule has 1 aromatic carbocycles. The molecule has 3 atom stereocenters. The second kappa shape index (κ2) is 36.9. The van der Waals surface area contributed by atoms with Gasteiger partial charge in [-0.2, -0.15) is 0 Å². The molecule has 0 bridgehead atoms. The minimum Gasteiger partial charge on any atom is -0.355 e. The van der Waals surface area contributed by atoms with Gasteiger partial charge in [-0.1, -0.05) is 123 Å². The Morgan fingerprint density at radius 2 is 1.55 bits per heavy atom. The van der Waals surface area contributed by atoms with Gasteiger partial charge >= 0.3 is 0 Å². The van der Waals surface area contributed by atoms with E-state index in [0.717, 1.165) is 25.7 Å². The van der Waals surface area contributed by atoms with Gasteiger partial charge in [-0.25, -0.2) is 0 Å². The van der Waals surface area contributed by atoms with Gasteiger partial charge in [0, 0.05) is 38.2 Å². The van der Waals surface area contributed by atoms with Crippen LogP contribution >= 0.6 is 0 Å². The molecule has 0 saturated carbocycles. The molecule has 0 radical (unpaired) electrons. The molecule has 0 heterocycles. The Morgan fingerprint density at radius 3 is 1.98 bits per heavy atom. The Kier molecular flexibility index (Phi) is 39.5. The van der Waals surface area contributed by atoms with Crippen molar-refractivity contribution in [3.05, 3.63) is 72.4 Å². The zero-order chi connectivity index (χ0) is 37.0. The predicted octanol–water partition coefficient (Wildman–Crippen LogP) is 6.13. The van der Waals surface area contributed by atoms with Crippen LogP contribution in [-0.2, 0) is 25.7 Å². The van der Waals surface area contributed by atoms with Crippen LogP contribution in [0.15, 0.2) is 66.8 Å². The molecule has 0 aliphatic carbocycles. The van der Waals surface area contributed by atoms with E-state index in [1.54, 1.807) is 24.3 Å². The minimum atomic E-state index is -0.439. The van der Waals surface area contributed by atoms with Crippen molar-refractivity contribution in [2.75, 3.05) is 26.7 Å². The molecule has 5 N–H and O–H groups in total. The molecule has 1 rings (SSSR count). The van der Waals surface area contributed by atoms with E-state index in [9.17, 15) is 19.2 Å². The minimum absolute atomic E-state index is 0.0152. The number of carbonyl (C=O) groups is 4. The average molecular weight is 660 g/mol. The van der Waals surface area contributed by atoms with Crippen LogP contribution in [0.25, 0.3) is 0 Å². The molecule has 3 unspecified atom stereocenters. The van der Waals surface area contributed by atoms with Crippen LogP contribution in [0.3, 0.4) is 0 Å². The normalized spacial score (nSPS) is 12.1. The summed E-state index contributed by atoms with van der Waals surface area (Å²) in [4.78, 5) is 45.0. The highest BCUT2D eigenvalue weighted by atomic mass is 16.2. The molecule has 0 fully saturated rings. The standard InChI is InChI=1S/C14H21NO2.C12H25N3O2.C8H11N.2C2H6/c1-5-8-12(9-6-2)14(17)15-13(10-16)11(4)7-3;1-5-14-12(17)8-13-7-11(6-9(2)3)15-10(4)16;1-9-7-8-5-3-2-4-6-8;2*1-2/h5-6,8-11,13H,1,7H2,2-4H3,(H,15,17);9,11,13H,5-8H2,1-4H3,(H,14,17)(H,15,16);2-6,9H,7H2,1H3;2*1-2H3/b9-6-,12-8+;;;;. The third-order valence-corrected chi connectivity index (χ3v) is 6.04. The number of carbonyl (C=O) groups excluding carboxylic acids is 4. The molecular weight excluding hydrogens is 590 g/mol. The first-order valence-electron chi connectivity index (χ1n) is 17.1. The van der Waals surface area contributed by atoms with E-state index in [4.69, 9.17) is 0 Å². The first kappa shape index (κ1) is 50.3. The van der Waals surface area contributed by atoms with Crippen molar-refractivity contribution in [1.29, 1.82) is 0 Å². The number of hydrogen-bond donors (Lipinski definition) is 5. The molecule has 0 aliphatic heterocycles. The first-order valence-corrected chi connectivity index (χ1v) is 17.1. The maximum Gasteiger partial charge on any atom is 0.251 e. The van der Waals surface area contributed by atoms with Crippen molar-refractivity contribution in [2.24, 2.45) is 11.8 Å². The SMILES string of the molecule is C=C/C=C(\C=C/C)C(=O)NC(C=O)C(C)CC.CC.CC.CCNC(=O)CNCC(CC(C)C)NC(C)=O.CNCc1ccccc1. The lowest BCUT2D eigenvalue weighted by atomic mass is 10.00. The lowest BCUT2D eigenvalue weighted by Gasteiger charge is -2.20. The van der Waals surface area contributed by atoms with Gasteiger partial charge < -0.3 is 31.4 Å². The van der Waals surface area contributed by atoms with E-state index in [-0.39, 0.29) is 29.7 Å². The Labute approximate surface area is 287 Å². The monoisotopic (exact) mass is 660 g/mol. The Hall–Kier alpha value is -3.56. The molecular formula is C38H69N5O4. The molecule has 0 saturated heterocycles. The lowest BCUT2D eigenvalue weighted by molar-refractivity contribution is -0.121. The van der Waals surface area contributed by atoms with E-state index >= 15 is 0 Å². The van der Waals surface area contributed by atoms with Crippen molar-refractivity contribution in [3.8, 4) is 0 Å². The number of aldehydes is 1. The summed E-state index contributed by atoms with van der Waals surface area (Å²) in [5.41, 5.74) is 1.83. The van der Waals surface area contributed by atoms with Gasteiger partial charge in [0.15, 0.2) is 0 Å². The van der Waals surface area contributed by atoms with E-state index < -0.39 is 6.04 Å². The van der Waals surface area contributed by atoms with E-state index in [1.807, 2.05) is 80.6 Å². The molecule has 9 heteroatoms. The van der Waals surface area contributed by atoms with Gasteiger partial charge in [0.05, 0.1) is 12.6 Å². The van der Waals surface area contributed by atoms with Crippen LogP contribution < -0.4 is 26.6 Å². The summed E-state index contributed by atoms with van der Waals surface area (Å²) < 4.78 is 0. The number of likely N-dealkylation sites (N-methyl/N-ethyl adjacent to an activating group) is 1. The fourth-order valence-corrected chi connectivity index (χ4v) is 3.78. The van der Waals surface area contributed by atoms with Crippen LogP contribution in [0, 0.1) is 11.8 Å². The number of nitrogens with one attached hydrogen (secondary N) is 5. The van der Waals surface area contributed by atoms with Crippen molar-refractivity contribution >= 4 is 24.0 Å². The van der Waals surface area contributed by atoms with Crippen molar-refractivity contribution < 1.29 is 19.2 Å². The molecule has 3 amide bonds. The van der Waals surface area contributed by atoms with Crippen LogP contribution in [0.2, 0.25) is 0 Å². The Balaban J connectivity index is -0.000000290. The molecule has 9 nitrogen and oxygen atoms in total. The smallest absolute Gasteiger partial charge is 0.251 e.